The summed E-state index contributed by atoms with van der Waals surface area (Å²) in [5, 5.41) is -0.456. The Bertz CT molecular complexity index is 240. The molecule has 0 saturated carbocycles. The molecule has 0 saturated heterocycles. The first kappa shape index (κ1) is 13.0. The molecule has 0 bridgehead atoms. The Labute approximate surface area is 90.5 Å². The number of hydrogen-bond donors (Lipinski definition) is 0. The fraction of sp³-hybridized carbons (Fsp3) is 0.364. The Kier molecular flexibility index (Phi) is 7.95. The van der Waals surface area contributed by atoms with E-state index in [0.717, 1.165) is 13.1 Å². The molecule has 0 aliphatic heterocycles. The Balaban J connectivity index is 3.85. The van der Waals surface area contributed by atoms with Crippen LogP contribution in [-0.2, 0) is 4.79 Å². The highest BCUT2D eigenvalue weighted by Crippen LogP contribution is 1.89. The van der Waals surface area contributed by atoms with Crippen LogP contribution in [0.1, 0.15) is 13.8 Å². The second-order valence-corrected chi connectivity index (χ2v) is 2.98. The number of hydrogen-bond acceptors (Lipinski definition) is 2. The molecule has 0 atom stereocenters. The van der Waals surface area contributed by atoms with Crippen molar-refractivity contribution in [3.05, 3.63) is 36.6 Å². The van der Waals surface area contributed by atoms with Gasteiger partial charge in [0.15, 0.2) is 0 Å². The Hall–Kier alpha value is -1.02. The van der Waals surface area contributed by atoms with Crippen molar-refractivity contribution in [2.24, 2.45) is 0 Å². The minimum atomic E-state index is -0.456. The van der Waals surface area contributed by atoms with Crippen molar-refractivity contribution in [3.63, 3.8) is 0 Å². The molecule has 0 aromatic rings. The zero-order chi connectivity index (χ0) is 10.8. The van der Waals surface area contributed by atoms with E-state index >= 15 is 0 Å². The van der Waals surface area contributed by atoms with Crippen molar-refractivity contribution in [3.8, 4) is 0 Å². The lowest BCUT2D eigenvalue weighted by Crippen LogP contribution is -2.14. The third-order valence-corrected chi connectivity index (χ3v) is 1.80. The smallest absolute Gasteiger partial charge is 0.245 e. The van der Waals surface area contributed by atoms with E-state index in [4.69, 9.17) is 11.6 Å². The van der Waals surface area contributed by atoms with E-state index in [2.05, 4.69) is 18.7 Å². The largest absolute Gasteiger partial charge is 0.378 e. The molecule has 0 N–H and O–H groups in total. The molecule has 0 aromatic heterocycles. The van der Waals surface area contributed by atoms with Crippen molar-refractivity contribution in [2.45, 2.75) is 13.8 Å². The summed E-state index contributed by atoms with van der Waals surface area (Å²) in [7, 11) is 0. The van der Waals surface area contributed by atoms with Gasteiger partial charge in [-0.3, -0.25) is 4.79 Å². The molecular formula is C11H16ClNO. The van der Waals surface area contributed by atoms with E-state index < -0.39 is 5.24 Å². The molecule has 0 rings (SSSR count). The molecule has 3 heteroatoms. The van der Waals surface area contributed by atoms with Crippen molar-refractivity contribution in [1.29, 1.82) is 0 Å². The summed E-state index contributed by atoms with van der Waals surface area (Å²) >= 11 is 5.10. The average Bonchev–Trinajstić information content (AvgIpc) is 2.16. The Morgan fingerprint density at radius 3 is 2.21 bits per heavy atom. The Morgan fingerprint density at radius 2 is 1.71 bits per heavy atom. The summed E-state index contributed by atoms with van der Waals surface area (Å²) < 4.78 is 0. The van der Waals surface area contributed by atoms with Crippen LogP contribution >= 0.6 is 11.6 Å². The molecule has 0 heterocycles. The number of carbonyl (C=O) groups excluding carboxylic acids is 1. The summed E-state index contributed by atoms with van der Waals surface area (Å²) in [6.07, 6.45) is 10.5. The zero-order valence-electron chi connectivity index (χ0n) is 8.61. The van der Waals surface area contributed by atoms with Gasteiger partial charge in [0.25, 0.3) is 0 Å². The third-order valence-electron chi connectivity index (χ3n) is 1.67. The fourth-order valence-corrected chi connectivity index (χ4v) is 0.938. The molecule has 0 fully saturated rings. The molecule has 0 aromatic carbocycles. The van der Waals surface area contributed by atoms with Crippen molar-refractivity contribution >= 4 is 16.8 Å². The molecule has 0 aliphatic carbocycles. The summed E-state index contributed by atoms with van der Waals surface area (Å²) in [4.78, 5) is 12.5. The lowest BCUT2D eigenvalue weighted by Gasteiger charge is -2.13. The topological polar surface area (TPSA) is 20.3 Å². The van der Waals surface area contributed by atoms with Gasteiger partial charge in [-0.1, -0.05) is 18.2 Å². The van der Waals surface area contributed by atoms with Crippen LogP contribution in [0.3, 0.4) is 0 Å². The maximum absolute atomic E-state index is 10.3. The minimum Gasteiger partial charge on any atom is -0.378 e. The van der Waals surface area contributed by atoms with Crippen molar-refractivity contribution in [1.82, 2.24) is 4.90 Å². The maximum Gasteiger partial charge on any atom is 0.245 e. The van der Waals surface area contributed by atoms with Crippen LogP contribution in [0.25, 0.3) is 0 Å². The normalized spacial score (nSPS) is 11.9. The van der Waals surface area contributed by atoms with Gasteiger partial charge in [0.1, 0.15) is 0 Å². The molecular weight excluding hydrogens is 198 g/mol. The summed E-state index contributed by atoms with van der Waals surface area (Å²) in [6.45, 7) is 6.20. The maximum atomic E-state index is 10.3. The minimum absolute atomic E-state index is 0.456. The highest BCUT2D eigenvalue weighted by atomic mass is 35.5. The lowest BCUT2D eigenvalue weighted by molar-refractivity contribution is -0.107. The molecule has 0 spiro atoms. The van der Waals surface area contributed by atoms with Gasteiger partial charge < -0.3 is 4.90 Å². The quantitative estimate of drug-likeness (QED) is 0.384. The van der Waals surface area contributed by atoms with Gasteiger partial charge in [0, 0.05) is 13.1 Å². The van der Waals surface area contributed by atoms with Crippen LogP contribution in [0.15, 0.2) is 36.6 Å². The first-order valence-electron chi connectivity index (χ1n) is 4.65. The van der Waals surface area contributed by atoms with Crippen LogP contribution < -0.4 is 0 Å². The number of halogens is 1. The van der Waals surface area contributed by atoms with Gasteiger partial charge >= 0.3 is 0 Å². The number of carbonyl (C=O) groups is 1. The number of nitrogens with zero attached hydrogens (tertiary/aromatic N) is 1. The van der Waals surface area contributed by atoms with E-state index in [0.29, 0.717) is 0 Å². The van der Waals surface area contributed by atoms with Gasteiger partial charge in [-0.05, 0) is 43.8 Å². The standard InChI is InChI=1S/C11H16ClNO/c1-3-13(4-2)10-8-6-5-7-9-11(12)14/h5-10H,3-4H2,1-2H3/b6-5-,9-7+,10-8+. The first-order chi connectivity index (χ1) is 6.70. The monoisotopic (exact) mass is 213 g/mol. The fourth-order valence-electron chi connectivity index (χ4n) is 0.865. The second-order valence-electron chi connectivity index (χ2n) is 2.61. The van der Waals surface area contributed by atoms with E-state index in [1.807, 2.05) is 18.4 Å². The zero-order valence-corrected chi connectivity index (χ0v) is 9.37. The number of rotatable bonds is 6. The predicted molar refractivity (Wildman–Crippen MR) is 61.2 cm³/mol. The average molecular weight is 214 g/mol. The van der Waals surface area contributed by atoms with E-state index in [1.54, 1.807) is 12.2 Å². The van der Waals surface area contributed by atoms with E-state index in [-0.39, 0.29) is 0 Å². The van der Waals surface area contributed by atoms with Crippen molar-refractivity contribution < 1.29 is 4.79 Å². The molecule has 0 aliphatic rings. The first-order valence-corrected chi connectivity index (χ1v) is 5.03. The molecule has 14 heavy (non-hydrogen) atoms. The highest BCUT2D eigenvalue weighted by Gasteiger charge is 1.86. The van der Waals surface area contributed by atoms with Gasteiger partial charge in [0.2, 0.25) is 5.24 Å². The number of allylic oxidation sites excluding steroid dienone is 5. The highest BCUT2D eigenvalue weighted by molar-refractivity contribution is 6.66. The van der Waals surface area contributed by atoms with Crippen LogP contribution in [-0.4, -0.2) is 23.2 Å². The van der Waals surface area contributed by atoms with Crippen LogP contribution in [0.2, 0.25) is 0 Å². The van der Waals surface area contributed by atoms with Crippen LogP contribution in [0.5, 0.6) is 0 Å². The SMILES string of the molecule is CCN(/C=C/C=C\C=C\C(=O)Cl)CC. The molecule has 2 nitrogen and oxygen atoms in total. The summed E-state index contributed by atoms with van der Waals surface area (Å²) in [6, 6.07) is 0. The predicted octanol–water partition coefficient (Wildman–Crippen LogP) is 2.72. The van der Waals surface area contributed by atoms with E-state index in [1.165, 1.54) is 6.08 Å². The summed E-state index contributed by atoms with van der Waals surface area (Å²) in [5.74, 6) is 0. The van der Waals surface area contributed by atoms with E-state index in [9.17, 15) is 4.79 Å². The van der Waals surface area contributed by atoms with Gasteiger partial charge in [0.05, 0.1) is 0 Å². The third kappa shape index (κ3) is 7.62. The summed E-state index contributed by atoms with van der Waals surface area (Å²) in [5.41, 5.74) is 0. The Morgan fingerprint density at radius 1 is 1.14 bits per heavy atom. The lowest BCUT2D eigenvalue weighted by atomic mass is 10.4. The molecule has 0 amide bonds. The molecule has 0 radical (unpaired) electrons. The molecule has 0 unspecified atom stereocenters. The van der Waals surface area contributed by atoms with Crippen LogP contribution in [0, 0.1) is 0 Å². The van der Waals surface area contributed by atoms with Gasteiger partial charge in [-0.25, -0.2) is 0 Å². The van der Waals surface area contributed by atoms with Gasteiger partial charge in [-0.2, -0.15) is 0 Å². The second kappa shape index (κ2) is 8.57. The molecule has 78 valence electrons. The van der Waals surface area contributed by atoms with Gasteiger partial charge in [-0.15, -0.1) is 0 Å². The van der Waals surface area contributed by atoms with Crippen molar-refractivity contribution in [2.75, 3.05) is 13.1 Å². The van der Waals surface area contributed by atoms with Crippen LogP contribution in [0.4, 0.5) is 0 Å².